The smallest absolute Gasteiger partial charge is 0.327 e. The molecule has 2 aromatic carbocycles. The fourth-order valence-corrected chi connectivity index (χ4v) is 2.53. The van der Waals surface area contributed by atoms with Crippen LogP contribution in [0.2, 0.25) is 0 Å². The quantitative estimate of drug-likeness (QED) is 0.876. The molecule has 1 heterocycles. The number of amides is 3. The van der Waals surface area contributed by atoms with Gasteiger partial charge in [0.2, 0.25) is 0 Å². The first-order chi connectivity index (χ1) is 12.0. The summed E-state index contributed by atoms with van der Waals surface area (Å²) < 4.78 is 0. The number of anilines is 1. The Bertz CT molecular complexity index is 868. The van der Waals surface area contributed by atoms with E-state index in [2.05, 4.69) is 4.99 Å². The van der Waals surface area contributed by atoms with E-state index in [1.165, 1.54) is 0 Å². The van der Waals surface area contributed by atoms with Crippen molar-refractivity contribution in [3.05, 3.63) is 71.4 Å². The average molecular weight is 334 g/mol. The van der Waals surface area contributed by atoms with Gasteiger partial charge in [0, 0.05) is 25.3 Å². The zero-order valence-electron chi connectivity index (χ0n) is 14.0. The van der Waals surface area contributed by atoms with Gasteiger partial charge in [0.25, 0.3) is 5.91 Å². The minimum Gasteiger partial charge on any atom is -0.378 e. The Hall–Kier alpha value is -3.41. The second-order valence-electron chi connectivity index (χ2n) is 5.80. The third-order valence-corrected chi connectivity index (χ3v) is 3.83. The van der Waals surface area contributed by atoms with Crippen molar-refractivity contribution in [3.63, 3.8) is 0 Å². The number of urea groups is 1. The third-order valence-electron chi connectivity index (χ3n) is 3.83. The molecule has 0 saturated carbocycles. The normalized spacial score (nSPS) is 15.4. The molecule has 1 aliphatic rings. The lowest BCUT2D eigenvalue weighted by molar-refractivity contribution is -0.120. The summed E-state index contributed by atoms with van der Waals surface area (Å²) in [5.41, 5.74) is 8.07. The standard InChI is InChI=1S/C19H18N4O2/c1-22(2)15-10-8-13(9-11-15)12-16-18(24)23(19(20)25)17(21-16)14-6-4-3-5-7-14/h3-12H,1-2H3,(H2,20,25)/b16-12-. The molecule has 0 spiro atoms. The lowest BCUT2D eigenvalue weighted by Crippen LogP contribution is -2.42. The van der Waals surface area contributed by atoms with Crippen LogP contribution in [0, 0.1) is 0 Å². The van der Waals surface area contributed by atoms with Crippen molar-refractivity contribution >= 4 is 29.5 Å². The zero-order valence-corrected chi connectivity index (χ0v) is 14.0. The zero-order chi connectivity index (χ0) is 18.0. The molecule has 0 aromatic heterocycles. The molecule has 126 valence electrons. The number of hydrogen-bond acceptors (Lipinski definition) is 4. The van der Waals surface area contributed by atoms with E-state index in [-0.39, 0.29) is 11.5 Å². The summed E-state index contributed by atoms with van der Waals surface area (Å²) in [6, 6.07) is 15.8. The minimum absolute atomic E-state index is 0.176. The number of imide groups is 1. The molecule has 0 aliphatic carbocycles. The summed E-state index contributed by atoms with van der Waals surface area (Å²) in [6.45, 7) is 0. The fraction of sp³-hybridized carbons (Fsp3) is 0.105. The lowest BCUT2D eigenvalue weighted by atomic mass is 10.1. The summed E-state index contributed by atoms with van der Waals surface area (Å²) >= 11 is 0. The van der Waals surface area contributed by atoms with Gasteiger partial charge in [-0.2, -0.15) is 0 Å². The molecule has 25 heavy (non-hydrogen) atoms. The molecule has 0 saturated heterocycles. The predicted octanol–water partition coefficient (Wildman–Crippen LogP) is 2.46. The van der Waals surface area contributed by atoms with Gasteiger partial charge in [-0.1, -0.05) is 42.5 Å². The van der Waals surface area contributed by atoms with E-state index >= 15 is 0 Å². The van der Waals surface area contributed by atoms with Crippen LogP contribution in [0.5, 0.6) is 0 Å². The maximum atomic E-state index is 12.5. The second-order valence-corrected chi connectivity index (χ2v) is 5.80. The highest BCUT2D eigenvalue weighted by molar-refractivity contribution is 6.27. The van der Waals surface area contributed by atoms with Gasteiger partial charge in [-0.05, 0) is 23.8 Å². The molecule has 3 amide bonds. The number of aliphatic imine (C=N–C) groups is 1. The number of carbonyl (C=O) groups excluding carboxylic acids is 2. The number of nitrogens with zero attached hydrogens (tertiary/aromatic N) is 3. The van der Waals surface area contributed by atoms with Crippen LogP contribution in [0.4, 0.5) is 10.5 Å². The number of hydrogen-bond donors (Lipinski definition) is 1. The highest BCUT2D eigenvalue weighted by Gasteiger charge is 2.34. The summed E-state index contributed by atoms with van der Waals surface area (Å²) in [5, 5.41) is 0. The summed E-state index contributed by atoms with van der Waals surface area (Å²) in [7, 11) is 3.91. The van der Waals surface area contributed by atoms with E-state index < -0.39 is 11.9 Å². The molecule has 6 nitrogen and oxygen atoms in total. The Balaban J connectivity index is 2.00. The van der Waals surface area contributed by atoms with Crippen LogP contribution in [0.15, 0.2) is 65.3 Å². The van der Waals surface area contributed by atoms with Crippen molar-refractivity contribution < 1.29 is 9.59 Å². The molecule has 2 N–H and O–H groups in total. The van der Waals surface area contributed by atoms with Gasteiger partial charge in [-0.3, -0.25) is 4.79 Å². The Labute approximate surface area is 145 Å². The first-order valence-electron chi connectivity index (χ1n) is 7.74. The molecule has 0 atom stereocenters. The van der Waals surface area contributed by atoms with Crippen LogP contribution in [-0.2, 0) is 4.79 Å². The largest absolute Gasteiger partial charge is 0.378 e. The molecule has 6 heteroatoms. The Morgan fingerprint density at radius 1 is 1.08 bits per heavy atom. The van der Waals surface area contributed by atoms with E-state index in [1.54, 1.807) is 18.2 Å². The third kappa shape index (κ3) is 3.28. The summed E-state index contributed by atoms with van der Waals surface area (Å²) in [4.78, 5) is 31.5. The Morgan fingerprint density at radius 2 is 1.72 bits per heavy atom. The summed E-state index contributed by atoms with van der Waals surface area (Å²) in [5.74, 6) is -0.280. The van der Waals surface area contributed by atoms with Crippen molar-refractivity contribution in [3.8, 4) is 0 Å². The Kier molecular flexibility index (Phi) is 4.35. The van der Waals surface area contributed by atoms with E-state index in [1.807, 2.05) is 61.5 Å². The minimum atomic E-state index is -0.848. The van der Waals surface area contributed by atoms with Crippen LogP contribution < -0.4 is 10.6 Å². The van der Waals surface area contributed by atoms with Gasteiger partial charge in [-0.25, -0.2) is 14.7 Å². The van der Waals surface area contributed by atoms with Crippen molar-refractivity contribution in [1.29, 1.82) is 0 Å². The molecular weight excluding hydrogens is 316 g/mol. The van der Waals surface area contributed by atoms with Gasteiger partial charge in [0.15, 0.2) is 5.84 Å². The highest BCUT2D eigenvalue weighted by atomic mass is 16.2. The van der Waals surface area contributed by atoms with Crippen molar-refractivity contribution in [1.82, 2.24) is 4.90 Å². The number of nitrogens with two attached hydrogens (primary N) is 1. The molecule has 1 aliphatic heterocycles. The van der Waals surface area contributed by atoms with E-state index in [9.17, 15) is 9.59 Å². The van der Waals surface area contributed by atoms with E-state index in [0.29, 0.717) is 5.56 Å². The van der Waals surface area contributed by atoms with Gasteiger partial charge in [0.1, 0.15) is 5.70 Å². The fourth-order valence-electron chi connectivity index (χ4n) is 2.53. The van der Waals surface area contributed by atoms with Gasteiger partial charge >= 0.3 is 6.03 Å². The summed E-state index contributed by atoms with van der Waals surface area (Å²) in [6.07, 6.45) is 1.65. The average Bonchev–Trinajstić information content (AvgIpc) is 2.93. The van der Waals surface area contributed by atoms with Crippen LogP contribution in [0.3, 0.4) is 0 Å². The molecule has 2 aromatic rings. The Morgan fingerprint density at radius 3 is 2.28 bits per heavy atom. The number of rotatable bonds is 3. The first kappa shape index (κ1) is 16.4. The van der Waals surface area contributed by atoms with Crippen molar-refractivity contribution in [2.45, 2.75) is 0 Å². The molecule has 0 unspecified atom stereocenters. The molecular formula is C19H18N4O2. The first-order valence-corrected chi connectivity index (χ1v) is 7.74. The SMILES string of the molecule is CN(C)c1ccc(/C=C2\N=C(c3ccccc3)N(C(N)=O)C2=O)cc1. The number of carbonyl (C=O) groups is 2. The monoisotopic (exact) mass is 334 g/mol. The lowest BCUT2D eigenvalue weighted by Gasteiger charge is -2.13. The number of primary amides is 1. The predicted molar refractivity (Wildman–Crippen MR) is 98.2 cm³/mol. The van der Waals surface area contributed by atoms with Crippen LogP contribution in [0.1, 0.15) is 11.1 Å². The van der Waals surface area contributed by atoms with Crippen molar-refractivity contribution in [2.24, 2.45) is 10.7 Å². The van der Waals surface area contributed by atoms with Crippen LogP contribution >= 0.6 is 0 Å². The second kappa shape index (κ2) is 6.60. The number of benzene rings is 2. The van der Waals surface area contributed by atoms with E-state index in [0.717, 1.165) is 16.2 Å². The maximum Gasteiger partial charge on any atom is 0.327 e. The maximum absolute atomic E-state index is 12.5. The molecule has 0 fully saturated rings. The van der Waals surface area contributed by atoms with Crippen LogP contribution in [-0.4, -0.2) is 36.8 Å². The van der Waals surface area contributed by atoms with Gasteiger partial charge < -0.3 is 10.6 Å². The molecule has 3 rings (SSSR count). The van der Waals surface area contributed by atoms with Crippen molar-refractivity contribution in [2.75, 3.05) is 19.0 Å². The molecule has 0 radical (unpaired) electrons. The van der Waals surface area contributed by atoms with E-state index in [4.69, 9.17) is 5.73 Å². The molecule has 0 bridgehead atoms. The van der Waals surface area contributed by atoms with Gasteiger partial charge in [-0.15, -0.1) is 0 Å². The number of amidine groups is 1. The highest BCUT2D eigenvalue weighted by Crippen LogP contribution is 2.22. The van der Waals surface area contributed by atoms with Crippen LogP contribution in [0.25, 0.3) is 6.08 Å². The topological polar surface area (TPSA) is 79.0 Å². The van der Waals surface area contributed by atoms with Gasteiger partial charge in [0.05, 0.1) is 0 Å².